The summed E-state index contributed by atoms with van der Waals surface area (Å²) in [5.74, 6) is 0. The van der Waals surface area contributed by atoms with Crippen LogP contribution < -0.4 is 5.32 Å². The third-order valence-corrected chi connectivity index (χ3v) is 2.63. The quantitative estimate of drug-likeness (QED) is 0.661. The smallest absolute Gasteiger partial charge is 0.0720 e. The minimum Gasteiger partial charge on any atom is -0.380 e. The lowest BCUT2D eigenvalue weighted by Gasteiger charge is -2.18. The van der Waals surface area contributed by atoms with Crippen LogP contribution in [0, 0.1) is 6.92 Å². The number of nitrogens with zero attached hydrogens (tertiary/aromatic N) is 1. The van der Waals surface area contributed by atoms with Gasteiger partial charge in [0.15, 0.2) is 0 Å². The molecule has 0 aliphatic carbocycles. The summed E-state index contributed by atoms with van der Waals surface area (Å²) in [6.45, 7) is 2.97. The molecule has 0 fully saturated rings. The molecule has 3 rings (SSSR count). The van der Waals surface area contributed by atoms with Crippen LogP contribution in [0.15, 0.2) is 24.4 Å². The van der Waals surface area contributed by atoms with Crippen LogP contribution in [0.5, 0.6) is 0 Å². The van der Waals surface area contributed by atoms with Gasteiger partial charge in [0.2, 0.25) is 0 Å². The zero-order valence-electron chi connectivity index (χ0n) is 7.96. The van der Waals surface area contributed by atoms with Crippen molar-refractivity contribution in [3.8, 4) is 11.3 Å². The highest BCUT2D eigenvalue weighted by atomic mass is 15.1. The molecule has 0 radical (unpaired) electrons. The molecule has 0 saturated carbocycles. The van der Waals surface area contributed by atoms with Gasteiger partial charge >= 0.3 is 0 Å². The monoisotopic (exact) mass is 185 g/mol. The van der Waals surface area contributed by atoms with Crippen molar-refractivity contribution in [3.05, 3.63) is 35.5 Å². The Morgan fingerprint density at radius 3 is 3.21 bits per heavy atom. The molecule has 3 heteroatoms. The molecular weight excluding hydrogens is 174 g/mol. The van der Waals surface area contributed by atoms with Gasteiger partial charge in [0.1, 0.15) is 0 Å². The van der Waals surface area contributed by atoms with Gasteiger partial charge in [0, 0.05) is 23.4 Å². The molecule has 70 valence electrons. The minimum atomic E-state index is 0.863. The number of aromatic amines is 1. The largest absolute Gasteiger partial charge is 0.380 e. The maximum atomic E-state index is 4.06. The molecule has 2 heterocycles. The first kappa shape index (κ1) is 7.62. The number of benzene rings is 1. The van der Waals surface area contributed by atoms with Crippen molar-refractivity contribution in [2.24, 2.45) is 0 Å². The molecule has 0 amide bonds. The molecule has 0 saturated heterocycles. The van der Waals surface area contributed by atoms with Crippen LogP contribution in [0.4, 0.5) is 5.69 Å². The number of nitrogens with one attached hydrogen (secondary N) is 2. The van der Waals surface area contributed by atoms with E-state index in [9.17, 15) is 0 Å². The van der Waals surface area contributed by atoms with Crippen LogP contribution in [0.2, 0.25) is 0 Å². The van der Waals surface area contributed by atoms with Gasteiger partial charge in [-0.3, -0.25) is 5.10 Å². The van der Waals surface area contributed by atoms with Crippen molar-refractivity contribution in [1.29, 1.82) is 0 Å². The van der Waals surface area contributed by atoms with Crippen molar-refractivity contribution in [3.63, 3.8) is 0 Å². The summed E-state index contributed by atoms with van der Waals surface area (Å²) in [6, 6.07) is 6.42. The maximum absolute atomic E-state index is 4.06. The SMILES string of the molecule is Cc1ccc2c(c1)NCc1cn[nH]c1-2. The second kappa shape index (κ2) is 2.61. The third-order valence-electron chi connectivity index (χ3n) is 2.63. The number of aromatic nitrogens is 2. The van der Waals surface area contributed by atoms with E-state index in [0.29, 0.717) is 0 Å². The summed E-state index contributed by atoms with van der Waals surface area (Å²) in [7, 11) is 0. The predicted octanol–water partition coefficient (Wildman–Crippen LogP) is 2.31. The Morgan fingerprint density at radius 1 is 1.36 bits per heavy atom. The van der Waals surface area contributed by atoms with E-state index >= 15 is 0 Å². The van der Waals surface area contributed by atoms with Crippen LogP contribution in [-0.4, -0.2) is 10.2 Å². The predicted molar refractivity (Wildman–Crippen MR) is 56.1 cm³/mol. The lowest BCUT2D eigenvalue weighted by atomic mass is 10.0. The zero-order chi connectivity index (χ0) is 9.54. The van der Waals surface area contributed by atoms with Gasteiger partial charge in [0.25, 0.3) is 0 Å². The fourth-order valence-corrected chi connectivity index (χ4v) is 1.89. The van der Waals surface area contributed by atoms with Crippen LogP contribution in [0.25, 0.3) is 11.3 Å². The van der Waals surface area contributed by atoms with E-state index in [-0.39, 0.29) is 0 Å². The molecular formula is C11H11N3. The first-order valence-electron chi connectivity index (χ1n) is 4.72. The lowest BCUT2D eigenvalue weighted by molar-refractivity contribution is 1.09. The molecule has 2 aromatic rings. The Balaban J connectivity index is 2.26. The van der Waals surface area contributed by atoms with Crippen molar-refractivity contribution >= 4 is 5.69 Å². The Bertz CT molecular complexity index is 485. The van der Waals surface area contributed by atoms with E-state index < -0.39 is 0 Å². The summed E-state index contributed by atoms with van der Waals surface area (Å²) in [5.41, 5.74) is 6.08. The molecule has 2 N–H and O–H groups in total. The first-order valence-corrected chi connectivity index (χ1v) is 4.72. The number of fused-ring (bicyclic) bond motifs is 3. The molecule has 0 spiro atoms. The molecule has 0 bridgehead atoms. The van der Waals surface area contributed by atoms with Gasteiger partial charge in [0.05, 0.1) is 11.9 Å². The lowest BCUT2D eigenvalue weighted by Crippen LogP contribution is -2.07. The van der Waals surface area contributed by atoms with Gasteiger partial charge < -0.3 is 5.32 Å². The summed E-state index contributed by atoms with van der Waals surface area (Å²) < 4.78 is 0. The summed E-state index contributed by atoms with van der Waals surface area (Å²) in [5, 5.41) is 10.5. The molecule has 1 aliphatic rings. The molecule has 1 aromatic carbocycles. The molecule has 14 heavy (non-hydrogen) atoms. The molecule has 0 atom stereocenters. The van der Waals surface area contributed by atoms with Crippen molar-refractivity contribution in [1.82, 2.24) is 10.2 Å². The van der Waals surface area contributed by atoms with Gasteiger partial charge in [-0.2, -0.15) is 5.10 Å². The number of hydrogen-bond donors (Lipinski definition) is 2. The minimum absolute atomic E-state index is 0.863. The van der Waals surface area contributed by atoms with E-state index in [1.807, 2.05) is 6.20 Å². The normalized spacial score (nSPS) is 12.9. The summed E-state index contributed by atoms with van der Waals surface area (Å²) in [4.78, 5) is 0. The number of H-pyrrole nitrogens is 1. The Kier molecular flexibility index (Phi) is 1.42. The van der Waals surface area contributed by atoms with E-state index in [1.165, 1.54) is 22.4 Å². The van der Waals surface area contributed by atoms with Gasteiger partial charge in [-0.15, -0.1) is 0 Å². The van der Waals surface area contributed by atoms with Crippen molar-refractivity contribution in [2.75, 3.05) is 5.32 Å². The van der Waals surface area contributed by atoms with E-state index in [0.717, 1.165) is 12.2 Å². The van der Waals surface area contributed by atoms with E-state index in [1.54, 1.807) is 0 Å². The Labute approximate surface area is 82.2 Å². The Hall–Kier alpha value is -1.77. The molecule has 0 unspecified atom stereocenters. The maximum Gasteiger partial charge on any atom is 0.0720 e. The number of rotatable bonds is 0. The zero-order valence-corrected chi connectivity index (χ0v) is 7.96. The van der Waals surface area contributed by atoms with Crippen LogP contribution >= 0.6 is 0 Å². The molecule has 1 aliphatic heterocycles. The van der Waals surface area contributed by atoms with Crippen LogP contribution in [-0.2, 0) is 6.54 Å². The van der Waals surface area contributed by atoms with Gasteiger partial charge in [-0.25, -0.2) is 0 Å². The van der Waals surface area contributed by atoms with Crippen molar-refractivity contribution < 1.29 is 0 Å². The first-order chi connectivity index (χ1) is 6.84. The fraction of sp³-hybridized carbons (Fsp3) is 0.182. The Morgan fingerprint density at radius 2 is 2.29 bits per heavy atom. The van der Waals surface area contributed by atoms with Gasteiger partial charge in [-0.05, 0) is 18.6 Å². The van der Waals surface area contributed by atoms with Crippen LogP contribution in [0.1, 0.15) is 11.1 Å². The third kappa shape index (κ3) is 0.954. The standard InChI is InChI=1S/C11H11N3/c1-7-2-3-9-10(4-7)12-5-8-6-13-14-11(8)9/h2-4,6,12H,5H2,1H3,(H,13,14). The average molecular weight is 185 g/mol. The van der Waals surface area contributed by atoms with Crippen molar-refractivity contribution in [2.45, 2.75) is 13.5 Å². The second-order valence-corrected chi connectivity index (χ2v) is 3.67. The van der Waals surface area contributed by atoms with Crippen LogP contribution in [0.3, 0.4) is 0 Å². The highest BCUT2D eigenvalue weighted by molar-refractivity contribution is 5.80. The average Bonchev–Trinajstić information content (AvgIpc) is 2.65. The fourth-order valence-electron chi connectivity index (χ4n) is 1.89. The number of aryl methyl sites for hydroxylation is 1. The summed E-state index contributed by atoms with van der Waals surface area (Å²) >= 11 is 0. The topological polar surface area (TPSA) is 40.7 Å². The highest BCUT2D eigenvalue weighted by Gasteiger charge is 2.16. The number of hydrogen-bond acceptors (Lipinski definition) is 2. The van der Waals surface area contributed by atoms with E-state index in [2.05, 4.69) is 40.6 Å². The van der Waals surface area contributed by atoms with Gasteiger partial charge in [-0.1, -0.05) is 12.1 Å². The second-order valence-electron chi connectivity index (χ2n) is 3.67. The number of anilines is 1. The van der Waals surface area contributed by atoms with E-state index in [4.69, 9.17) is 0 Å². The summed E-state index contributed by atoms with van der Waals surface area (Å²) in [6.07, 6.45) is 1.88. The molecule has 1 aromatic heterocycles. The molecule has 3 nitrogen and oxygen atoms in total. The highest BCUT2D eigenvalue weighted by Crippen LogP contribution is 2.33.